The Balaban J connectivity index is 1.52. The first-order chi connectivity index (χ1) is 17.2. The number of aromatic nitrogens is 4. The van der Waals surface area contributed by atoms with Crippen LogP contribution >= 0.6 is 11.6 Å². The first-order valence-electron chi connectivity index (χ1n) is 11.8. The third kappa shape index (κ3) is 5.00. The molecule has 2 fully saturated rings. The first-order valence-corrected chi connectivity index (χ1v) is 14.1. The molecule has 0 atom stereocenters. The monoisotopic (exact) mass is 535 g/mol. The number of morpholine rings is 1. The van der Waals surface area contributed by atoms with Crippen LogP contribution in [0.3, 0.4) is 0 Å². The van der Waals surface area contributed by atoms with Crippen LogP contribution in [-0.2, 0) is 21.3 Å². The quantitative estimate of drug-likeness (QED) is 0.466. The van der Waals surface area contributed by atoms with E-state index in [4.69, 9.17) is 31.0 Å². The number of sulfonamides is 1. The summed E-state index contributed by atoms with van der Waals surface area (Å²) >= 11 is 6.93. The van der Waals surface area contributed by atoms with Crippen molar-refractivity contribution < 1.29 is 17.9 Å². The maximum Gasteiger partial charge on any atom is 0.213 e. The number of hydrogen-bond acceptors (Lipinski definition) is 9. The zero-order chi connectivity index (χ0) is 25.4. The van der Waals surface area contributed by atoms with Crippen LogP contribution in [0.1, 0.15) is 11.3 Å². The number of hydrogen-bond donors (Lipinski definition) is 0. The van der Waals surface area contributed by atoms with Gasteiger partial charge in [0.15, 0.2) is 11.5 Å². The largest absolute Gasteiger partial charge is 0.481 e. The van der Waals surface area contributed by atoms with Crippen LogP contribution in [-0.4, -0.2) is 103 Å². The Labute approximate surface area is 215 Å². The van der Waals surface area contributed by atoms with E-state index in [-0.39, 0.29) is 0 Å². The van der Waals surface area contributed by atoms with E-state index < -0.39 is 10.0 Å². The number of nitrogens with zero attached hydrogens (tertiary/aromatic N) is 7. The second kappa shape index (κ2) is 10.1. The van der Waals surface area contributed by atoms with Crippen molar-refractivity contribution in [2.45, 2.75) is 13.5 Å². The number of halogens is 1. The van der Waals surface area contributed by atoms with E-state index in [2.05, 4.69) is 14.8 Å². The normalized spacial score (nSPS) is 18.2. The van der Waals surface area contributed by atoms with Gasteiger partial charge in [0.05, 0.1) is 32.3 Å². The number of rotatable bonds is 6. The highest BCUT2D eigenvalue weighted by Crippen LogP contribution is 2.34. The molecule has 194 valence electrons. The average molecular weight is 536 g/mol. The van der Waals surface area contributed by atoms with Crippen molar-refractivity contribution in [1.29, 1.82) is 0 Å². The van der Waals surface area contributed by atoms with E-state index in [1.165, 1.54) is 10.6 Å². The molecule has 5 heterocycles. The topological polar surface area (TPSA) is 105 Å². The van der Waals surface area contributed by atoms with Crippen molar-refractivity contribution in [3.63, 3.8) is 0 Å². The van der Waals surface area contributed by atoms with Gasteiger partial charge in [-0.05, 0) is 12.5 Å². The summed E-state index contributed by atoms with van der Waals surface area (Å²) in [6, 6.07) is 1.86. The molecule has 36 heavy (non-hydrogen) atoms. The molecule has 0 amide bonds. The van der Waals surface area contributed by atoms with Crippen LogP contribution in [0, 0.1) is 6.92 Å². The summed E-state index contributed by atoms with van der Waals surface area (Å²) in [5.41, 5.74) is 3.94. The van der Waals surface area contributed by atoms with Crippen LogP contribution in [0.4, 0.5) is 5.82 Å². The summed E-state index contributed by atoms with van der Waals surface area (Å²) in [5.74, 6) is 1.28. The maximum atomic E-state index is 11.8. The molecule has 0 aliphatic carbocycles. The Morgan fingerprint density at radius 2 is 1.83 bits per heavy atom. The van der Waals surface area contributed by atoms with Crippen molar-refractivity contribution in [2.24, 2.45) is 0 Å². The van der Waals surface area contributed by atoms with Crippen LogP contribution in [0.25, 0.3) is 16.9 Å². The molecule has 2 aliphatic rings. The second-order valence-electron chi connectivity index (χ2n) is 9.08. The minimum absolute atomic E-state index is 0.456. The van der Waals surface area contributed by atoms with E-state index >= 15 is 0 Å². The zero-order valence-electron chi connectivity index (χ0n) is 20.6. The summed E-state index contributed by atoms with van der Waals surface area (Å²) in [5, 5.41) is 0.456. The molecule has 2 saturated heterocycles. The number of pyridine rings is 1. The number of imidazole rings is 1. The fraction of sp³-hybridized carbons (Fsp3) is 0.522. The Morgan fingerprint density at radius 1 is 1.11 bits per heavy atom. The Kier molecular flexibility index (Phi) is 7.05. The number of methoxy groups -OCH3 is 1. The molecule has 5 rings (SSSR count). The lowest BCUT2D eigenvalue weighted by Crippen LogP contribution is -2.47. The van der Waals surface area contributed by atoms with Gasteiger partial charge in [-0.15, -0.1) is 0 Å². The molecular formula is C23H30ClN7O4S. The van der Waals surface area contributed by atoms with Crippen molar-refractivity contribution in [1.82, 2.24) is 28.6 Å². The predicted octanol–water partition coefficient (Wildman–Crippen LogP) is 1.68. The number of piperazine rings is 1. The highest BCUT2D eigenvalue weighted by Gasteiger charge is 2.26. The van der Waals surface area contributed by atoms with Gasteiger partial charge in [0.1, 0.15) is 10.8 Å². The summed E-state index contributed by atoms with van der Waals surface area (Å²) in [6.45, 7) is 7.46. The summed E-state index contributed by atoms with van der Waals surface area (Å²) in [4.78, 5) is 18.7. The molecule has 0 bridgehead atoms. The number of anilines is 1. The Hall–Kier alpha value is -2.51. The van der Waals surface area contributed by atoms with Gasteiger partial charge in [0.2, 0.25) is 15.9 Å². The minimum Gasteiger partial charge on any atom is -0.481 e. The summed E-state index contributed by atoms with van der Waals surface area (Å²) < 4.78 is 37.9. The molecule has 0 aromatic carbocycles. The fourth-order valence-electron chi connectivity index (χ4n) is 4.63. The van der Waals surface area contributed by atoms with Gasteiger partial charge >= 0.3 is 0 Å². The number of aryl methyl sites for hydroxylation is 1. The van der Waals surface area contributed by atoms with Crippen LogP contribution in [0.2, 0.25) is 5.15 Å². The van der Waals surface area contributed by atoms with E-state index in [9.17, 15) is 8.42 Å². The molecular weight excluding hydrogens is 506 g/mol. The molecule has 0 saturated carbocycles. The van der Waals surface area contributed by atoms with Gasteiger partial charge in [-0.3, -0.25) is 9.30 Å². The fourth-order valence-corrected chi connectivity index (χ4v) is 5.72. The first kappa shape index (κ1) is 25.2. The molecule has 0 N–H and O–H groups in total. The van der Waals surface area contributed by atoms with Crippen LogP contribution in [0.15, 0.2) is 18.5 Å². The second-order valence-corrected chi connectivity index (χ2v) is 11.4. The summed E-state index contributed by atoms with van der Waals surface area (Å²) in [7, 11) is -1.59. The molecule has 3 aromatic heterocycles. The molecule has 13 heteroatoms. The lowest BCUT2D eigenvalue weighted by molar-refractivity contribution is 0.122. The standard InChI is InChI=1S/C23H30ClN7O4S/c1-16-12-19(34-2)25-13-18(16)20-21(24)31-15-17(14-28-4-6-30(7-5-28)36(3,32)33)26-23(31)22(27-20)29-8-10-35-11-9-29/h12-13,15H,4-11,14H2,1-3H3. The predicted molar refractivity (Wildman–Crippen MR) is 137 cm³/mol. The lowest BCUT2D eigenvalue weighted by Gasteiger charge is -2.32. The highest BCUT2D eigenvalue weighted by molar-refractivity contribution is 7.88. The Morgan fingerprint density at radius 3 is 2.47 bits per heavy atom. The number of ether oxygens (including phenoxy) is 2. The number of fused-ring (bicyclic) bond motifs is 1. The third-order valence-corrected chi connectivity index (χ3v) is 8.29. The van der Waals surface area contributed by atoms with Gasteiger partial charge in [-0.1, -0.05) is 11.6 Å². The van der Waals surface area contributed by atoms with Crippen molar-refractivity contribution in [2.75, 3.05) is 70.7 Å². The van der Waals surface area contributed by atoms with Crippen LogP contribution < -0.4 is 9.64 Å². The van der Waals surface area contributed by atoms with E-state index in [1.807, 2.05) is 23.6 Å². The van der Waals surface area contributed by atoms with E-state index in [1.54, 1.807) is 13.3 Å². The molecule has 11 nitrogen and oxygen atoms in total. The maximum absolute atomic E-state index is 11.8. The van der Waals surface area contributed by atoms with Crippen molar-refractivity contribution in [3.8, 4) is 17.1 Å². The van der Waals surface area contributed by atoms with Gasteiger partial charge in [0.25, 0.3) is 0 Å². The smallest absolute Gasteiger partial charge is 0.213 e. The van der Waals surface area contributed by atoms with E-state index in [0.29, 0.717) is 81.4 Å². The molecule has 0 spiro atoms. The average Bonchev–Trinajstić information content (AvgIpc) is 3.29. The third-order valence-electron chi connectivity index (χ3n) is 6.63. The van der Waals surface area contributed by atoms with E-state index in [0.717, 1.165) is 22.6 Å². The lowest BCUT2D eigenvalue weighted by atomic mass is 10.1. The molecule has 2 aliphatic heterocycles. The Bertz CT molecular complexity index is 1370. The van der Waals surface area contributed by atoms with Crippen LogP contribution in [0.5, 0.6) is 5.88 Å². The molecule has 0 radical (unpaired) electrons. The highest BCUT2D eigenvalue weighted by atomic mass is 35.5. The summed E-state index contributed by atoms with van der Waals surface area (Å²) in [6.07, 6.45) is 4.93. The van der Waals surface area contributed by atoms with Gasteiger partial charge < -0.3 is 14.4 Å². The van der Waals surface area contributed by atoms with Gasteiger partial charge in [-0.25, -0.2) is 23.4 Å². The SMILES string of the molecule is COc1cc(C)c(-c2nc(N3CCOCC3)c3nc(CN4CCN(S(C)(=O)=O)CC4)cn3c2Cl)cn1. The molecule has 0 unspecified atom stereocenters. The minimum atomic E-state index is -3.17. The van der Waals surface area contributed by atoms with Gasteiger partial charge in [-0.2, -0.15) is 4.31 Å². The zero-order valence-corrected chi connectivity index (χ0v) is 22.2. The van der Waals surface area contributed by atoms with Gasteiger partial charge in [0, 0.05) is 69.8 Å². The van der Waals surface area contributed by atoms with Crippen molar-refractivity contribution in [3.05, 3.63) is 34.9 Å². The van der Waals surface area contributed by atoms with Crippen molar-refractivity contribution >= 4 is 33.1 Å². The molecule has 3 aromatic rings.